The molecule has 0 amide bonds. The van der Waals surface area contributed by atoms with Crippen LogP contribution in [-0.4, -0.2) is 42.0 Å². The van der Waals surface area contributed by atoms with Gasteiger partial charge in [0, 0.05) is 24.7 Å². The summed E-state index contributed by atoms with van der Waals surface area (Å²) in [7, 11) is 0. The van der Waals surface area contributed by atoms with Crippen LogP contribution in [0, 0.1) is 5.92 Å². The quantitative estimate of drug-likeness (QED) is 0.922. The molecule has 0 saturated carbocycles. The normalized spacial score (nSPS) is 21.1. The maximum Gasteiger partial charge on any atom is 0.0658 e. The molecule has 0 aliphatic carbocycles. The fourth-order valence-electron chi connectivity index (χ4n) is 2.40. The number of hydrogen-bond donors (Lipinski definition) is 1. The summed E-state index contributed by atoms with van der Waals surface area (Å²) in [6, 6.07) is 4.21. The molecule has 0 unspecified atom stereocenters. The molecule has 1 N–H and O–H groups in total. The van der Waals surface area contributed by atoms with E-state index in [1.54, 1.807) is 0 Å². The predicted octanol–water partition coefficient (Wildman–Crippen LogP) is 2.43. The van der Waals surface area contributed by atoms with E-state index in [4.69, 9.17) is 4.74 Å². The van der Waals surface area contributed by atoms with Gasteiger partial charge in [-0.25, -0.2) is 0 Å². The van der Waals surface area contributed by atoms with Crippen molar-refractivity contribution in [3.63, 3.8) is 0 Å². The highest BCUT2D eigenvalue weighted by Crippen LogP contribution is 2.24. The topological polar surface area (TPSA) is 45.6 Å². The number of aliphatic hydroxyl groups is 1. The first-order valence-corrected chi connectivity index (χ1v) is 7.39. The van der Waals surface area contributed by atoms with Gasteiger partial charge in [-0.05, 0) is 31.9 Å². The monoisotopic (exact) mass is 278 g/mol. The van der Waals surface area contributed by atoms with E-state index in [2.05, 4.69) is 35.9 Å². The molecule has 20 heavy (non-hydrogen) atoms. The fraction of sp³-hybridized carbons (Fsp3) is 0.688. The minimum absolute atomic E-state index is 0.106. The largest absolute Gasteiger partial charge is 0.390 e. The summed E-state index contributed by atoms with van der Waals surface area (Å²) in [6.07, 6.45) is 1.93. The Morgan fingerprint density at radius 3 is 2.70 bits per heavy atom. The predicted molar refractivity (Wildman–Crippen MR) is 81.1 cm³/mol. The maximum absolute atomic E-state index is 10.2. The van der Waals surface area contributed by atoms with E-state index >= 15 is 0 Å². The van der Waals surface area contributed by atoms with Crippen molar-refractivity contribution in [3.05, 3.63) is 24.0 Å². The molecule has 112 valence electrons. The number of aromatic nitrogens is 1. The first-order chi connectivity index (χ1) is 9.38. The Balaban J connectivity index is 2.13. The molecule has 1 aliphatic rings. The van der Waals surface area contributed by atoms with Crippen LogP contribution in [0.4, 0.5) is 5.69 Å². The second-order valence-corrected chi connectivity index (χ2v) is 6.47. The van der Waals surface area contributed by atoms with Crippen molar-refractivity contribution in [1.82, 2.24) is 4.98 Å². The molecule has 2 rings (SSSR count). The zero-order valence-electron chi connectivity index (χ0n) is 13.0. The van der Waals surface area contributed by atoms with Crippen LogP contribution in [0.3, 0.4) is 0 Å². The van der Waals surface area contributed by atoms with Crippen LogP contribution in [0.2, 0.25) is 0 Å². The Morgan fingerprint density at radius 1 is 1.40 bits per heavy atom. The van der Waals surface area contributed by atoms with Crippen molar-refractivity contribution < 1.29 is 9.84 Å². The van der Waals surface area contributed by atoms with Crippen molar-refractivity contribution in [2.24, 2.45) is 5.92 Å². The lowest BCUT2D eigenvalue weighted by Gasteiger charge is -2.32. The molecule has 4 heteroatoms. The van der Waals surface area contributed by atoms with Gasteiger partial charge in [0.15, 0.2) is 0 Å². The lowest BCUT2D eigenvalue weighted by atomic mass is 9.91. The molecular weight excluding hydrogens is 252 g/mol. The van der Waals surface area contributed by atoms with E-state index in [0.717, 1.165) is 24.5 Å². The van der Waals surface area contributed by atoms with Crippen molar-refractivity contribution >= 4 is 5.69 Å². The summed E-state index contributed by atoms with van der Waals surface area (Å²) in [5, 5.41) is 10.2. The second kappa shape index (κ2) is 6.10. The summed E-state index contributed by atoms with van der Waals surface area (Å²) < 4.78 is 5.63. The highest BCUT2D eigenvalue weighted by molar-refractivity contribution is 5.45. The first kappa shape index (κ1) is 15.3. The van der Waals surface area contributed by atoms with Gasteiger partial charge in [0.05, 0.1) is 30.7 Å². The highest BCUT2D eigenvalue weighted by atomic mass is 16.5. The van der Waals surface area contributed by atoms with E-state index in [1.165, 1.54) is 0 Å². The summed E-state index contributed by atoms with van der Waals surface area (Å²) in [5.41, 5.74) is 1.49. The lowest BCUT2D eigenvalue weighted by molar-refractivity contribution is -0.0158. The van der Waals surface area contributed by atoms with Gasteiger partial charge in [-0.1, -0.05) is 13.8 Å². The average Bonchev–Trinajstić information content (AvgIpc) is 2.64. The van der Waals surface area contributed by atoms with Gasteiger partial charge in [-0.2, -0.15) is 0 Å². The second-order valence-electron chi connectivity index (χ2n) is 6.47. The van der Waals surface area contributed by atoms with Crippen LogP contribution in [0.25, 0.3) is 0 Å². The van der Waals surface area contributed by atoms with Gasteiger partial charge in [0.1, 0.15) is 0 Å². The molecular formula is C16H26N2O2. The standard InChI is InChI=1S/C16H26N2O2/c1-12(2)15-6-5-14(9-17-15)18-7-8-20-11-13(10-18)16(3,4)19/h5-6,9,12-13,19H,7-8,10-11H2,1-4H3/t13-/m0/s1. The van der Waals surface area contributed by atoms with E-state index in [9.17, 15) is 5.11 Å². The molecule has 1 aromatic heterocycles. The Bertz CT molecular complexity index is 423. The number of hydrogen-bond acceptors (Lipinski definition) is 4. The Hall–Kier alpha value is -1.13. The van der Waals surface area contributed by atoms with Gasteiger partial charge in [-0.15, -0.1) is 0 Å². The van der Waals surface area contributed by atoms with Crippen LogP contribution in [0.15, 0.2) is 18.3 Å². The third-order valence-electron chi connectivity index (χ3n) is 3.99. The number of nitrogens with zero attached hydrogens (tertiary/aromatic N) is 2. The van der Waals surface area contributed by atoms with Crippen LogP contribution in [0.5, 0.6) is 0 Å². The van der Waals surface area contributed by atoms with E-state index in [0.29, 0.717) is 19.1 Å². The molecule has 2 heterocycles. The van der Waals surface area contributed by atoms with Gasteiger partial charge < -0.3 is 14.7 Å². The molecule has 1 fully saturated rings. The van der Waals surface area contributed by atoms with Gasteiger partial charge in [0.25, 0.3) is 0 Å². The Kier molecular flexibility index (Phi) is 4.66. The maximum atomic E-state index is 10.2. The molecule has 0 aromatic carbocycles. The SMILES string of the molecule is CC(C)c1ccc(N2CCOC[C@@H](C(C)(C)O)C2)cn1. The molecule has 1 saturated heterocycles. The molecule has 0 bridgehead atoms. The van der Waals surface area contributed by atoms with Crippen molar-refractivity contribution in [1.29, 1.82) is 0 Å². The third-order valence-corrected chi connectivity index (χ3v) is 3.99. The number of pyridine rings is 1. The number of rotatable bonds is 3. The molecule has 1 atom stereocenters. The van der Waals surface area contributed by atoms with E-state index in [-0.39, 0.29) is 5.92 Å². The Labute approximate surface area is 121 Å². The third kappa shape index (κ3) is 3.70. The molecule has 4 nitrogen and oxygen atoms in total. The number of anilines is 1. The summed E-state index contributed by atoms with van der Waals surface area (Å²) in [5.74, 6) is 0.551. The van der Waals surface area contributed by atoms with E-state index < -0.39 is 5.60 Å². The van der Waals surface area contributed by atoms with Crippen molar-refractivity contribution in [2.45, 2.75) is 39.2 Å². The van der Waals surface area contributed by atoms with Crippen molar-refractivity contribution in [3.8, 4) is 0 Å². The molecule has 1 aromatic rings. The number of ether oxygens (including phenoxy) is 1. The lowest BCUT2D eigenvalue weighted by Crippen LogP contribution is -2.41. The molecule has 1 aliphatic heterocycles. The van der Waals surface area contributed by atoms with Gasteiger partial charge in [0.2, 0.25) is 0 Å². The minimum Gasteiger partial charge on any atom is -0.390 e. The highest BCUT2D eigenvalue weighted by Gasteiger charge is 2.30. The van der Waals surface area contributed by atoms with Crippen LogP contribution >= 0.6 is 0 Å². The zero-order chi connectivity index (χ0) is 14.8. The van der Waals surface area contributed by atoms with Crippen LogP contribution < -0.4 is 4.90 Å². The van der Waals surface area contributed by atoms with Gasteiger partial charge in [-0.3, -0.25) is 4.98 Å². The summed E-state index contributed by atoms with van der Waals surface area (Å²) >= 11 is 0. The van der Waals surface area contributed by atoms with Crippen LogP contribution in [-0.2, 0) is 4.74 Å². The summed E-state index contributed by atoms with van der Waals surface area (Å²) in [6.45, 7) is 10.9. The van der Waals surface area contributed by atoms with Crippen LogP contribution in [0.1, 0.15) is 39.3 Å². The average molecular weight is 278 g/mol. The molecule has 0 spiro atoms. The minimum atomic E-state index is -0.728. The van der Waals surface area contributed by atoms with E-state index in [1.807, 2.05) is 20.0 Å². The molecule has 0 radical (unpaired) electrons. The summed E-state index contributed by atoms with van der Waals surface area (Å²) in [4.78, 5) is 6.78. The zero-order valence-corrected chi connectivity index (χ0v) is 13.0. The first-order valence-electron chi connectivity index (χ1n) is 7.39. The Morgan fingerprint density at radius 2 is 2.15 bits per heavy atom. The van der Waals surface area contributed by atoms with Gasteiger partial charge >= 0.3 is 0 Å². The smallest absolute Gasteiger partial charge is 0.0658 e. The van der Waals surface area contributed by atoms with Crippen molar-refractivity contribution in [2.75, 3.05) is 31.2 Å². The fourth-order valence-corrected chi connectivity index (χ4v) is 2.40.